The van der Waals surface area contributed by atoms with Crippen LogP contribution in [0.4, 0.5) is 0 Å². The molecule has 126 valence electrons. The number of benzene rings is 3. The molecule has 0 radical (unpaired) electrons. The summed E-state index contributed by atoms with van der Waals surface area (Å²) in [6, 6.07) is 22.8. The number of hydrogen-bond donors (Lipinski definition) is 2. The van der Waals surface area contributed by atoms with E-state index < -0.39 is 11.4 Å². The van der Waals surface area contributed by atoms with E-state index in [2.05, 4.69) is 0 Å². The van der Waals surface area contributed by atoms with Crippen molar-refractivity contribution >= 4 is 5.97 Å². The van der Waals surface area contributed by atoms with Gasteiger partial charge in [-0.05, 0) is 28.8 Å². The molecule has 0 aliphatic carbocycles. The molecule has 0 atom stereocenters. The Morgan fingerprint density at radius 1 is 0.840 bits per heavy atom. The molecule has 0 amide bonds. The summed E-state index contributed by atoms with van der Waals surface area (Å²) >= 11 is 0. The zero-order valence-electron chi connectivity index (χ0n) is 14.2. The molecule has 0 bridgehead atoms. The van der Waals surface area contributed by atoms with Crippen LogP contribution in [0.2, 0.25) is 0 Å². The van der Waals surface area contributed by atoms with Crippen molar-refractivity contribution in [3.8, 4) is 16.9 Å². The first-order valence-electron chi connectivity index (χ1n) is 8.13. The van der Waals surface area contributed by atoms with E-state index in [0.717, 1.165) is 16.7 Å². The molecular formula is C22H20O3. The Morgan fingerprint density at radius 3 is 1.96 bits per heavy atom. The van der Waals surface area contributed by atoms with Crippen LogP contribution in [0.1, 0.15) is 35.3 Å². The summed E-state index contributed by atoms with van der Waals surface area (Å²) in [6.45, 7) is 3.97. The maximum atomic E-state index is 11.7. The predicted molar refractivity (Wildman–Crippen MR) is 99.1 cm³/mol. The summed E-state index contributed by atoms with van der Waals surface area (Å²) in [5.41, 5.74) is 2.66. The average molecular weight is 332 g/mol. The largest absolute Gasteiger partial charge is 0.507 e. The lowest BCUT2D eigenvalue weighted by Crippen LogP contribution is -2.20. The molecule has 0 aliphatic heterocycles. The van der Waals surface area contributed by atoms with Crippen molar-refractivity contribution in [2.45, 2.75) is 19.3 Å². The predicted octanol–water partition coefficient (Wildman–Crippen LogP) is 5.08. The summed E-state index contributed by atoms with van der Waals surface area (Å²) in [7, 11) is 0. The molecule has 0 saturated carbocycles. The minimum absolute atomic E-state index is 0.0830. The molecule has 3 aromatic rings. The zero-order valence-corrected chi connectivity index (χ0v) is 14.2. The third-order valence-electron chi connectivity index (χ3n) is 4.62. The summed E-state index contributed by atoms with van der Waals surface area (Å²) < 4.78 is 0. The third kappa shape index (κ3) is 3.13. The van der Waals surface area contributed by atoms with Crippen molar-refractivity contribution in [1.29, 1.82) is 0 Å². The number of aromatic carboxylic acids is 1. The number of phenols is 1. The smallest absolute Gasteiger partial charge is 0.339 e. The van der Waals surface area contributed by atoms with Crippen LogP contribution < -0.4 is 0 Å². The number of carbonyl (C=O) groups is 1. The summed E-state index contributed by atoms with van der Waals surface area (Å²) in [5, 5.41) is 20.2. The Labute approximate surface area is 147 Å². The molecule has 2 N–H and O–H groups in total. The van der Waals surface area contributed by atoms with E-state index in [1.54, 1.807) is 0 Å². The van der Waals surface area contributed by atoms with Gasteiger partial charge in [0.05, 0.1) is 0 Å². The van der Waals surface area contributed by atoms with Crippen LogP contribution in [-0.2, 0) is 5.41 Å². The van der Waals surface area contributed by atoms with Gasteiger partial charge in [-0.25, -0.2) is 4.79 Å². The topological polar surface area (TPSA) is 57.5 Å². The van der Waals surface area contributed by atoms with Gasteiger partial charge < -0.3 is 10.2 Å². The quantitative estimate of drug-likeness (QED) is 0.700. The van der Waals surface area contributed by atoms with Gasteiger partial charge in [-0.2, -0.15) is 0 Å². The van der Waals surface area contributed by atoms with Crippen LogP contribution in [-0.4, -0.2) is 16.2 Å². The van der Waals surface area contributed by atoms with Crippen LogP contribution in [0.25, 0.3) is 11.1 Å². The molecule has 0 saturated heterocycles. The molecule has 3 heteroatoms. The first-order valence-corrected chi connectivity index (χ1v) is 8.13. The van der Waals surface area contributed by atoms with Crippen molar-refractivity contribution < 1.29 is 15.0 Å². The lowest BCUT2D eigenvalue weighted by molar-refractivity contribution is 0.0693. The zero-order chi connectivity index (χ0) is 18.0. The van der Waals surface area contributed by atoms with E-state index in [9.17, 15) is 15.0 Å². The lowest BCUT2D eigenvalue weighted by atomic mass is 9.76. The summed E-state index contributed by atoms with van der Waals surface area (Å²) in [5.74, 6) is -1.32. The first-order chi connectivity index (χ1) is 11.9. The molecule has 3 rings (SSSR count). The summed E-state index contributed by atoms with van der Waals surface area (Å²) in [4.78, 5) is 11.7. The van der Waals surface area contributed by atoms with Crippen molar-refractivity contribution in [3.63, 3.8) is 0 Å². The fraction of sp³-hybridized carbons (Fsp3) is 0.136. The molecule has 0 aromatic heterocycles. The second-order valence-corrected chi connectivity index (χ2v) is 6.58. The van der Waals surface area contributed by atoms with Gasteiger partial charge in [0, 0.05) is 11.0 Å². The fourth-order valence-electron chi connectivity index (χ4n) is 3.08. The fourth-order valence-corrected chi connectivity index (χ4v) is 3.08. The van der Waals surface area contributed by atoms with Crippen molar-refractivity contribution in [2.75, 3.05) is 0 Å². The highest BCUT2D eigenvalue weighted by Gasteiger charge is 2.29. The lowest BCUT2D eigenvalue weighted by Gasteiger charge is -2.28. The minimum atomic E-state index is -1.14. The van der Waals surface area contributed by atoms with Gasteiger partial charge in [0.1, 0.15) is 11.3 Å². The Kier molecular flexibility index (Phi) is 4.32. The van der Waals surface area contributed by atoms with E-state index in [4.69, 9.17) is 0 Å². The van der Waals surface area contributed by atoms with Gasteiger partial charge in [-0.15, -0.1) is 0 Å². The molecule has 3 nitrogen and oxygen atoms in total. The number of carboxylic acids is 1. The summed E-state index contributed by atoms with van der Waals surface area (Å²) in [6.07, 6.45) is 0. The van der Waals surface area contributed by atoms with Crippen LogP contribution in [0.5, 0.6) is 5.75 Å². The molecule has 0 fully saturated rings. The molecule has 3 aromatic carbocycles. The minimum Gasteiger partial charge on any atom is -0.507 e. The van der Waals surface area contributed by atoms with Gasteiger partial charge in [0.15, 0.2) is 0 Å². The molecule has 0 spiro atoms. The Bertz CT molecular complexity index is 897. The SMILES string of the molecule is CC(C)(c1ccccc1)c1cc(-c2ccccc2)cc(C(=O)O)c1O. The van der Waals surface area contributed by atoms with Crippen LogP contribution in [0.15, 0.2) is 72.8 Å². The van der Waals surface area contributed by atoms with E-state index in [1.165, 1.54) is 6.07 Å². The van der Waals surface area contributed by atoms with Gasteiger partial charge >= 0.3 is 5.97 Å². The van der Waals surface area contributed by atoms with E-state index in [1.807, 2.05) is 80.6 Å². The standard InChI is InChI=1S/C22H20O3/c1-22(2,17-11-7-4-8-12-17)19-14-16(15-9-5-3-6-10-15)13-18(20(19)23)21(24)25/h3-14,23H,1-2H3,(H,24,25). The van der Waals surface area contributed by atoms with Crippen LogP contribution in [0, 0.1) is 0 Å². The highest BCUT2D eigenvalue weighted by atomic mass is 16.4. The monoisotopic (exact) mass is 332 g/mol. The molecular weight excluding hydrogens is 312 g/mol. The maximum absolute atomic E-state index is 11.7. The van der Waals surface area contributed by atoms with Crippen LogP contribution in [0.3, 0.4) is 0 Å². The normalized spacial score (nSPS) is 11.3. The highest BCUT2D eigenvalue weighted by molar-refractivity contribution is 5.93. The number of hydrogen-bond acceptors (Lipinski definition) is 2. The van der Waals surface area contributed by atoms with Gasteiger partial charge in [0.25, 0.3) is 0 Å². The second-order valence-electron chi connectivity index (χ2n) is 6.58. The number of aromatic hydroxyl groups is 1. The molecule has 0 heterocycles. The number of carboxylic acid groups (broad SMARTS) is 1. The Hall–Kier alpha value is -3.07. The van der Waals surface area contributed by atoms with Crippen molar-refractivity contribution in [2.24, 2.45) is 0 Å². The highest BCUT2D eigenvalue weighted by Crippen LogP contribution is 2.41. The molecule has 0 aliphatic rings. The maximum Gasteiger partial charge on any atom is 0.339 e. The Balaban J connectivity index is 2.26. The van der Waals surface area contributed by atoms with Crippen molar-refractivity contribution in [1.82, 2.24) is 0 Å². The van der Waals surface area contributed by atoms with Crippen LogP contribution >= 0.6 is 0 Å². The van der Waals surface area contributed by atoms with Gasteiger partial charge in [-0.1, -0.05) is 74.5 Å². The van der Waals surface area contributed by atoms with E-state index >= 15 is 0 Å². The van der Waals surface area contributed by atoms with E-state index in [-0.39, 0.29) is 11.3 Å². The van der Waals surface area contributed by atoms with E-state index in [0.29, 0.717) is 5.56 Å². The Morgan fingerprint density at radius 2 is 1.40 bits per heavy atom. The molecule has 25 heavy (non-hydrogen) atoms. The van der Waals surface area contributed by atoms with Crippen molar-refractivity contribution in [3.05, 3.63) is 89.5 Å². The number of rotatable bonds is 4. The second kappa shape index (κ2) is 6.44. The average Bonchev–Trinajstić information content (AvgIpc) is 2.63. The first kappa shape index (κ1) is 16.8. The van der Waals surface area contributed by atoms with Gasteiger partial charge in [0.2, 0.25) is 0 Å². The van der Waals surface area contributed by atoms with Gasteiger partial charge in [-0.3, -0.25) is 0 Å². The third-order valence-corrected chi connectivity index (χ3v) is 4.62. The molecule has 0 unspecified atom stereocenters.